The second-order valence-corrected chi connectivity index (χ2v) is 6.79. The van der Waals surface area contributed by atoms with Crippen LogP contribution in [0, 0.1) is 5.82 Å². The molecule has 1 atom stereocenters. The summed E-state index contributed by atoms with van der Waals surface area (Å²) in [4.78, 5) is 0. The summed E-state index contributed by atoms with van der Waals surface area (Å²) in [6.07, 6.45) is 0.670. The first kappa shape index (κ1) is 16.7. The summed E-state index contributed by atoms with van der Waals surface area (Å²) in [5.41, 5.74) is 6.16. The van der Waals surface area contributed by atoms with Crippen molar-refractivity contribution in [2.24, 2.45) is 5.73 Å². The number of benzene rings is 1. The number of rotatable bonds is 3. The van der Waals surface area contributed by atoms with E-state index in [1.54, 1.807) is 0 Å². The molecule has 1 aliphatic rings. The zero-order chi connectivity index (χ0) is 13.3. The molecule has 1 fully saturated rings. The van der Waals surface area contributed by atoms with Crippen molar-refractivity contribution in [1.29, 1.82) is 0 Å². The van der Waals surface area contributed by atoms with Crippen LogP contribution in [0.3, 0.4) is 0 Å². The number of halogens is 3. The highest BCUT2D eigenvalue weighted by molar-refractivity contribution is 7.88. The molecule has 0 saturated carbocycles. The summed E-state index contributed by atoms with van der Waals surface area (Å²) < 4.78 is 38.5. The molecule has 1 heterocycles. The van der Waals surface area contributed by atoms with Gasteiger partial charge >= 0.3 is 0 Å². The highest BCUT2D eigenvalue weighted by Gasteiger charge is 2.29. The molecule has 0 bridgehead atoms. The molecule has 0 spiro atoms. The summed E-state index contributed by atoms with van der Waals surface area (Å²) >= 11 is 5.62. The molecule has 0 amide bonds. The molecule has 8 heteroatoms. The van der Waals surface area contributed by atoms with Gasteiger partial charge in [0.1, 0.15) is 5.82 Å². The molecule has 1 aromatic rings. The highest BCUT2D eigenvalue weighted by atomic mass is 35.5. The molecule has 1 aliphatic heterocycles. The number of nitrogens with zero attached hydrogens (tertiary/aromatic N) is 1. The van der Waals surface area contributed by atoms with Gasteiger partial charge in [-0.2, -0.15) is 0 Å². The fourth-order valence-corrected chi connectivity index (χ4v) is 3.73. The van der Waals surface area contributed by atoms with E-state index in [0.29, 0.717) is 25.1 Å². The SMILES string of the molecule is Cl.N[C@@H]1CCN(S(=O)(=O)Cc2ccc(F)c(Cl)c2)C1. The standard InChI is InChI=1S/C11H14ClFN2O2S.ClH/c12-10-5-8(1-2-11(10)13)7-18(16,17)15-4-3-9(14)6-15;/h1-2,5,9H,3-4,6-7,14H2;1H/t9-;/m1./s1. The van der Waals surface area contributed by atoms with Gasteiger partial charge in [0.25, 0.3) is 0 Å². The van der Waals surface area contributed by atoms with Crippen LogP contribution in [0.2, 0.25) is 5.02 Å². The second kappa shape index (κ2) is 6.37. The number of nitrogens with two attached hydrogens (primary N) is 1. The second-order valence-electron chi connectivity index (χ2n) is 4.41. The lowest BCUT2D eigenvalue weighted by Crippen LogP contribution is -2.32. The molecule has 0 aromatic heterocycles. The Bertz CT molecular complexity index is 554. The third-order valence-electron chi connectivity index (χ3n) is 2.91. The van der Waals surface area contributed by atoms with Gasteiger partial charge in [-0.25, -0.2) is 17.1 Å². The summed E-state index contributed by atoms with van der Waals surface area (Å²) in [6.45, 7) is 0.787. The average molecular weight is 329 g/mol. The number of sulfonamides is 1. The topological polar surface area (TPSA) is 63.4 Å². The largest absolute Gasteiger partial charge is 0.326 e. The van der Waals surface area contributed by atoms with E-state index in [4.69, 9.17) is 17.3 Å². The maximum absolute atomic E-state index is 13.0. The summed E-state index contributed by atoms with van der Waals surface area (Å²) in [5, 5.41) is -0.0687. The van der Waals surface area contributed by atoms with Crippen LogP contribution < -0.4 is 5.73 Å². The van der Waals surface area contributed by atoms with Gasteiger partial charge in [0.05, 0.1) is 10.8 Å². The Balaban J connectivity index is 0.00000180. The van der Waals surface area contributed by atoms with Gasteiger partial charge in [-0.3, -0.25) is 0 Å². The van der Waals surface area contributed by atoms with Crippen LogP contribution in [0.5, 0.6) is 0 Å². The lowest BCUT2D eigenvalue weighted by atomic mass is 10.2. The Hall–Kier alpha value is -0.400. The summed E-state index contributed by atoms with van der Waals surface area (Å²) in [6, 6.07) is 3.83. The van der Waals surface area contributed by atoms with Crippen LogP contribution in [0.1, 0.15) is 12.0 Å². The van der Waals surface area contributed by atoms with Crippen molar-refractivity contribution in [1.82, 2.24) is 4.31 Å². The van der Waals surface area contributed by atoms with Crippen LogP contribution >= 0.6 is 24.0 Å². The van der Waals surface area contributed by atoms with Crippen molar-refractivity contribution in [2.45, 2.75) is 18.2 Å². The van der Waals surface area contributed by atoms with Crippen molar-refractivity contribution in [3.8, 4) is 0 Å². The van der Waals surface area contributed by atoms with Crippen LogP contribution in [-0.4, -0.2) is 31.9 Å². The van der Waals surface area contributed by atoms with Crippen molar-refractivity contribution in [3.05, 3.63) is 34.6 Å². The molecule has 1 saturated heterocycles. The van der Waals surface area contributed by atoms with Crippen molar-refractivity contribution in [2.75, 3.05) is 13.1 Å². The minimum absolute atomic E-state index is 0. The van der Waals surface area contributed by atoms with Crippen molar-refractivity contribution >= 4 is 34.0 Å². The van der Waals surface area contributed by atoms with Crippen LogP contribution in [0.15, 0.2) is 18.2 Å². The molecule has 2 rings (SSSR count). The molecule has 1 aromatic carbocycles. The minimum atomic E-state index is -3.40. The molecule has 4 nitrogen and oxygen atoms in total. The zero-order valence-electron chi connectivity index (χ0n) is 10.1. The third-order valence-corrected chi connectivity index (χ3v) is 5.02. The number of hydrogen-bond acceptors (Lipinski definition) is 3. The smallest absolute Gasteiger partial charge is 0.218 e. The quantitative estimate of drug-likeness (QED) is 0.919. The average Bonchev–Trinajstić information content (AvgIpc) is 2.71. The molecular formula is C11H15Cl2FN2O2S. The van der Waals surface area contributed by atoms with Gasteiger partial charge in [-0.1, -0.05) is 17.7 Å². The van der Waals surface area contributed by atoms with E-state index in [1.165, 1.54) is 22.5 Å². The molecule has 0 unspecified atom stereocenters. The van der Waals surface area contributed by atoms with E-state index in [1.807, 2.05) is 0 Å². The summed E-state index contributed by atoms with van der Waals surface area (Å²) in [5.74, 6) is -0.735. The first-order valence-electron chi connectivity index (χ1n) is 5.56. The Kier molecular flexibility index (Phi) is 5.58. The molecule has 108 valence electrons. The molecule has 2 N–H and O–H groups in total. The monoisotopic (exact) mass is 328 g/mol. The van der Waals surface area contributed by atoms with Gasteiger partial charge in [0.2, 0.25) is 10.0 Å². The van der Waals surface area contributed by atoms with E-state index < -0.39 is 15.8 Å². The minimum Gasteiger partial charge on any atom is -0.326 e. The Morgan fingerprint density at radius 3 is 2.68 bits per heavy atom. The maximum atomic E-state index is 13.0. The lowest BCUT2D eigenvalue weighted by molar-refractivity contribution is 0.471. The van der Waals surface area contributed by atoms with E-state index in [0.717, 1.165) is 0 Å². The van der Waals surface area contributed by atoms with Crippen LogP contribution in [0.4, 0.5) is 4.39 Å². The molecular weight excluding hydrogens is 314 g/mol. The fourth-order valence-electron chi connectivity index (χ4n) is 1.94. The van der Waals surface area contributed by atoms with E-state index in [-0.39, 0.29) is 29.2 Å². The van der Waals surface area contributed by atoms with E-state index in [9.17, 15) is 12.8 Å². The normalized spacial score (nSPS) is 20.3. The lowest BCUT2D eigenvalue weighted by Gasteiger charge is -2.16. The van der Waals surface area contributed by atoms with Crippen molar-refractivity contribution < 1.29 is 12.8 Å². The predicted octanol–water partition coefficient (Wildman–Crippen LogP) is 1.76. The van der Waals surface area contributed by atoms with Gasteiger partial charge < -0.3 is 5.73 Å². The first-order chi connectivity index (χ1) is 8.38. The third kappa shape index (κ3) is 4.03. The van der Waals surface area contributed by atoms with E-state index >= 15 is 0 Å². The highest BCUT2D eigenvalue weighted by Crippen LogP contribution is 2.20. The Morgan fingerprint density at radius 1 is 1.47 bits per heavy atom. The molecule has 0 radical (unpaired) electrons. The predicted molar refractivity (Wildman–Crippen MR) is 75.4 cm³/mol. The Labute approximate surface area is 123 Å². The van der Waals surface area contributed by atoms with Crippen LogP contribution in [-0.2, 0) is 15.8 Å². The maximum Gasteiger partial charge on any atom is 0.218 e. The Morgan fingerprint density at radius 2 is 2.16 bits per heavy atom. The molecule has 0 aliphatic carbocycles. The fraction of sp³-hybridized carbons (Fsp3) is 0.455. The van der Waals surface area contributed by atoms with Gasteiger partial charge in [-0.05, 0) is 24.1 Å². The molecule has 19 heavy (non-hydrogen) atoms. The van der Waals surface area contributed by atoms with Gasteiger partial charge in [-0.15, -0.1) is 12.4 Å². The van der Waals surface area contributed by atoms with Crippen molar-refractivity contribution in [3.63, 3.8) is 0 Å². The van der Waals surface area contributed by atoms with Crippen LogP contribution in [0.25, 0.3) is 0 Å². The van der Waals surface area contributed by atoms with Gasteiger partial charge in [0, 0.05) is 19.1 Å². The zero-order valence-corrected chi connectivity index (χ0v) is 12.4. The number of hydrogen-bond donors (Lipinski definition) is 1. The first-order valence-corrected chi connectivity index (χ1v) is 7.54. The van der Waals surface area contributed by atoms with E-state index in [2.05, 4.69) is 0 Å². The summed E-state index contributed by atoms with van der Waals surface area (Å²) in [7, 11) is -3.40. The van der Waals surface area contributed by atoms with Gasteiger partial charge in [0.15, 0.2) is 0 Å².